The van der Waals surface area contributed by atoms with E-state index >= 15 is 0 Å². The summed E-state index contributed by atoms with van der Waals surface area (Å²) in [4.78, 5) is 13.1. The van der Waals surface area contributed by atoms with E-state index in [2.05, 4.69) is 13.8 Å². The number of rotatable bonds is 0. The van der Waals surface area contributed by atoms with E-state index in [4.69, 9.17) is 0 Å². The van der Waals surface area contributed by atoms with Crippen LogP contribution in [-0.4, -0.2) is 24.4 Å². The first kappa shape index (κ1) is 11.5. The van der Waals surface area contributed by atoms with Crippen LogP contribution in [-0.2, 0) is 4.79 Å². The van der Waals surface area contributed by atoms with Gasteiger partial charge in [0.15, 0.2) is 0 Å². The summed E-state index contributed by atoms with van der Waals surface area (Å²) in [5.41, 5.74) is 0.320. The van der Waals surface area contributed by atoms with Gasteiger partial charge in [0.1, 0.15) is 0 Å². The zero-order valence-corrected chi connectivity index (χ0v) is 7.68. The van der Waals surface area contributed by atoms with Crippen LogP contribution in [0, 0.1) is 5.41 Å². The lowest BCUT2D eigenvalue weighted by Crippen LogP contribution is -2.32. The normalized spacial score (nSPS) is 22.9. The number of carbonyl (C=O) groups excluding carboxylic acids is 1. The molecule has 1 rings (SSSR count). The highest BCUT2D eigenvalue weighted by Gasteiger charge is 2.25. The van der Waals surface area contributed by atoms with E-state index in [1.54, 1.807) is 0 Å². The van der Waals surface area contributed by atoms with Crippen molar-refractivity contribution in [2.24, 2.45) is 5.41 Å². The molecule has 0 aromatic carbocycles. The first-order chi connectivity index (χ1) is 5.01. The Balaban J connectivity index is 0.00000121. The number of nitrogens with zero attached hydrogens (tertiary/aromatic N) is 1. The average Bonchev–Trinajstić information content (AvgIpc) is 1.93. The van der Waals surface area contributed by atoms with Crippen LogP contribution in [0.3, 0.4) is 0 Å². The molecular weight excluding hydrogens is 150 g/mol. The Bertz CT molecular complexity index is 163. The van der Waals surface area contributed by atoms with Crippen molar-refractivity contribution in [3.63, 3.8) is 0 Å². The zero-order chi connectivity index (χ0) is 8.48. The minimum atomic E-state index is 0. The quantitative estimate of drug-likeness (QED) is 0.547. The molecule has 0 spiro atoms. The van der Waals surface area contributed by atoms with E-state index < -0.39 is 0 Å². The van der Waals surface area contributed by atoms with Gasteiger partial charge in [0.05, 0.1) is 0 Å². The number of likely N-dealkylation sites (tertiary alicyclic amines) is 1. The number of hydrogen-bond donors (Lipinski definition) is 0. The molecule has 0 atom stereocenters. The summed E-state index contributed by atoms with van der Waals surface area (Å²) in [6.45, 7) is 5.36. The van der Waals surface area contributed by atoms with E-state index in [0.717, 1.165) is 19.4 Å². The van der Waals surface area contributed by atoms with E-state index in [-0.39, 0.29) is 7.43 Å². The van der Waals surface area contributed by atoms with Gasteiger partial charge in [-0.15, -0.1) is 0 Å². The molecule has 1 heterocycles. The number of carbonyl (C=O) groups is 1. The Morgan fingerprint density at radius 3 is 2.58 bits per heavy atom. The maximum absolute atomic E-state index is 11.2. The Morgan fingerprint density at radius 1 is 1.42 bits per heavy atom. The van der Waals surface area contributed by atoms with E-state index in [0.29, 0.717) is 11.3 Å². The van der Waals surface area contributed by atoms with Crippen molar-refractivity contribution < 1.29 is 4.79 Å². The van der Waals surface area contributed by atoms with Gasteiger partial charge in [-0.05, 0) is 18.3 Å². The van der Waals surface area contributed by atoms with E-state index in [1.807, 2.05) is 11.9 Å². The molecule has 1 fully saturated rings. The summed E-state index contributed by atoms with van der Waals surface area (Å²) in [7, 11) is 1.90. The van der Waals surface area contributed by atoms with Crippen molar-refractivity contribution in [1.29, 1.82) is 0 Å². The smallest absolute Gasteiger partial charge is 0.222 e. The summed E-state index contributed by atoms with van der Waals surface area (Å²) in [5.74, 6) is 0.301. The molecule has 12 heavy (non-hydrogen) atoms. The summed E-state index contributed by atoms with van der Waals surface area (Å²) < 4.78 is 0. The van der Waals surface area contributed by atoms with Crippen LogP contribution in [0.25, 0.3) is 0 Å². The fourth-order valence-electron chi connectivity index (χ4n) is 1.72. The van der Waals surface area contributed by atoms with Crippen molar-refractivity contribution in [3.8, 4) is 0 Å². The largest absolute Gasteiger partial charge is 0.345 e. The molecule has 1 amide bonds. The first-order valence-corrected chi connectivity index (χ1v) is 4.25. The van der Waals surface area contributed by atoms with E-state index in [9.17, 15) is 4.79 Å². The molecule has 1 aliphatic heterocycles. The fourth-order valence-corrected chi connectivity index (χ4v) is 1.72. The maximum Gasteiger partial charge on any atom is 0.222 e. The highest BCUT2D eigenvalue weighted by Crippen LogP contribution is 2.27. The molecule has 72 valence electrons. The second-order valence-electron chi connectivity index (χ2n) is 4.27. The molecular formula is C10H21NO. The molecule has 0 saturated carbocycles. The van der Waals surface area contributed by atoms with Gasteiger partial charge in [-0.3, -0.25) is 4.79 Å². The molecule has 0 aromatic heterocycles. The Labute approximate surface area is 75.9 Å². The highest BCUT2D eigenvalue weighted by molar-refractivity contribution is 5.76. The second kappa shape index (κ2) is 3.92. The van der Waals surface area contributed by atoms with Gasteiger partial charge < -0.3 is 4.90 Å². The highest BCUT2D eigenvalue weighted by atomic mass is 16.2. The third-order valence-electron chi connectivity index (χ3n) is 2.34. The van der Waals surface area contributed by atoms with Crippen LogP contribution in [0.15, 0.2) is 0 Å². The third kappa shape index (κ3) is 2.84. The molecule has 2 heteroatoms. The van der Waals surface area contributed by atoms with Gasteiger partial charge in [-0.1, -0.05) is 21.3 Å². The van der Waals surface area contributed by atoms with Gasteiger partial charge in [-0.25, -0.2) is 0 Å². The van der Waals surface area contributed by atoms with E-state index in [1.165, 1.54) is 6.42 Å². The van der Waals surface area contributed by atoms with Gasteiger partial charge in [-0.2, -0.15) is 0 Å². The van der Waals surface area contributed by atoms with Crippen molar-refractivity contribution in [1.82, 2.24) is 4.90 Å². The molecule has 0 bridgehead atoms. The summed E-state index contributed by atoms with van der Waals surface area (Å²) >= 11 is 0. The SMILES string of the molecule is C.CN1CC(C)(C)CCCC1=O. The zero-order valence-electron chi connectivity index (χ0n) is 7.68. The molecule has 0 aliphatic carbocycles. The summed E-state index contributed by atoms with van der Waals surface area (Å²) in [6, 6.07) is 0. The first-order valence-electron chi connectivity index (χ1n) is 4.25. The van der Waals surface area contributed by atoms with Crippen molar-refractivity contribution in [3.05, 3.63) is 0 Å². The van der Waals surface area contributed by atoms with Crippen LogP contribution < -0.4 is 0 Å². The molecule has 1 saturated heterocycles. The van der Waals surface area contributed by atoms with Crippen LogP contribution >= 0.6 is 0 Å². The fraction of sp³-hybridized carbons (Fsp3) is 0.900. The predicted octanol–water partition coefficient (Wildman–Crippen LogP) is 2.29. The van der Waals surface area contributed by atoms with Gasteiger partial charge in [0.25, 0.3) is 0 Å². The monoisotopic (exact) mass is 171 g/mol. The predicted molar refractivity (Wildman–Crippen MR) is 52.0 cm³/mol. The topological polar surface area (TPSA) is 20.3 Å². The minimum absolute atomic E-state index is 0. The van der Waals surface area contributed by atoms with Crippen molar-refractivity contribution in [2.45, 2.75) is 40.5 Å². The Morgan fingerprint density at radius 2 is 2.00 bits per heavy atom. The van der Waals surface area contributed by atoms with Crippen molar-refractivity contribution in [2.75, 3.05) is 13.6 Å². The maximum atomic E-state index is 11.2. The van der Waals surface area contributed by atoms with Crippen LogP contribution in [0.2, 0.25) is 0 Å². The molecule has 0 unspecified atom stereocenters. The Kier molecular flexibility index (Phi) is 3.75. The van der Waals surface area contributed by atoms with Crippen LogP contribution in [0.1, 0.15) is 40.5 Å². The molecule has 0 aromatic rings. The average molecular weight is 171 g/mol. The summed E-state index contributed by atoms with van der Waals surface area (Å²) in [5, 5.41) is 0. The third-order valence-corrected chi connectivity index (χ3v) is 2.34. The van der Waals surface area contributed by atoms with Crippen LogP contribution in [0.5, 0.6) is 0 Å². The van der Waals surface area contributed by atoms with Gasteiger partial charge in [0.2, 0.25) is 5.91 Å². The molecule has 0 radical (unpaired) electrons. The standard InChI is InChI=1S/C9H17NO.CH4/c1-9(2)6-4-5-8(11)10(3)7-9;/h4-7H2,1-3H3;1H4. The lowest BCUT2D eigenvalue weighted by Gasteiger charge is -2.26. The molecule has 0 N–H and O–H groups in total. The Hall–Kier alpha value is -0.530. The lowest BCUT2D eigenvalue weighted by molar-refractivity contribution is -0.130. The molecule has 1 aliphatic rings. The van der Waals surface area contributed by atoms with Crippen molar-refractivity contribution >= 4 is 5.91 Å². The van der Waals surface area contributed by atoms with Crippen LogP contribution in [0.4, 0.5) is 0 Å². The van der Waals surface area contributed by atoms with Gasteiger partial charge >= 0.3 is 0 Å². The lowest BCUT2D eigenvalue weighted by atomic mass is 9.88. The number of amides is 1. The summed E-state index contributed by atoms with van der Waals surface area (Å²) in [6.07, 6.45) is 2.96. The second-order valence-corrected chi connectivity index (χ2v) is 4.27. The molecule has 2 nitrogen and oxygen atoms in total. The number of hydrogen-bond acceptors (Lipinski definition) is 1. The van der Waals surface area contributed by atoms with Gasteiger partial charge in [0, 0.05) is 20.0 Å². The minimum Gasteiger partial charge on any atom is -0.345 e.